The Kier molecular flexibility index (Phi) is 21.6. The standard InChI is InChI=1S/C13H30N.C10H22O3S/c1-5-6-7-8-9-10-11-12-13-14(2,3)4;1-2-3-4-5-6-7-8-9-10-14(11,12)13/h5-13H2,1-4H3;2-10H2,1H3,(H,11,12,13)/q+1;/p-1. The van der Waals surface area contributed by atoms with Gasteiger partial charge in [-0.25, -0.2) is 8.42 Å². The van der Waals surface area contributed by atoms with Gasteiger partial charge in [-0.3, -0.25) is 0 Å². The Balaban J connectivity index is 0. The van der Waals surface area contributed by atoms with Gasteiger partial charge in [-0.15, -0.1) is 0 Å². The summed E-state index contributed by atoms with van der Waals surface area (Å²) in [6.07, 6.45) is 20.1. The zero-order valence-electron chi connectivity index (χ0n) is 19.8. The molecule has 0 saturated carbocycles. The highest BCUT2D eigenvalue weighted by atomic mass is 32.2. The first-order valence-electron chi connectivity index (χ1n) is 11.9. The van der Waals surface area contributed by atoms with Crippen LogP contribution in [0.2, 0.25) is 0 Å². The monoisotopic (exact) mass is 421 g/mol. The number of quaternary nitrogens is 1. The zero-order chi connectivity index (χ0) is 21.7. The molecular formula is C23H51NO3S. The second-order valence-electron chi connectivity index (χ2n) is 9.23. The molecule has 0 aliphatic rings. The Labute approximate surface area is 177 Å². The van der Waals surface area contributed by atoms with Crippen LogP contribution in [0, 0.1) is 0 Å². The van der Waals surface area contributed by atoms with E-state index in [1.54, 1.807) is 0 Å². The van der Waals surface area contributed by atoms with Crippen LogP contribution in [0.25, 0.3) is 0 Å². The summed E-state index contributed by atoms with van der Waals surface area (Å²) in [5, 5.41) is 0. The van der Waals surface area contributed by atoms with Gasteiger partial charge in [0.05, 0.1) is 37.8 Å². The fourth-order valence-corrected chi connectivity index (χ4v) is 3.69. The quantitative estimate of drug-likeness (QED) is 0.144. The summed E-state index contributed by atoms with van der Waals surface area (Å²) in [6, 6.07) is 0. The van der Waals surface area contributed by atoms with Gasteiger partial charge in [-0.05, 0) is 19.3 Å². The SMILES string of the molecule is CCCCCCCCCCS(=O)(=O)[O-].CCCCCCCCCC[N+](C)(C)C. The highest BCUT2D eigenvalue weighted by Gasteiger charge is 2.04. The highest BCUT2D eigenvalue weighted by molar-refractivity contribution is 7.85. The summed E-state index contributed by atoms with van der Waals surface area (Å²) in [7, 11) is 2.86. The molecule has 0 unspecified atom stereocenters. The van der Waals surface area contributed by atoms with Crippen LogP contribution < -0.4 is 0 Å². The molecule has 0 atom stereocenters. The molecular weight excluding hydrogens is 370 g/mol. The van der Waals surface area contributed by atoms with Gasteiger partial charge in [-0.1, -0.05) is 97.3 Å². The van der Waals surface area contributed by atoms with E-state index in [9.17, 15) is 13.0 Å². The lowest BCUT2D eigenvalue weighted by atomic mass is 10.1. The highest BCUT2D eigenvalue weighted by Crippen LogP contribution is 2.10. The Hall–Kier alpha value is -0.130. The van der Waals surface area contributed by atoms with E-state index in [1.807, 2.05) is 0 Å². The number of hydrogen-bond donors (Lipinski definition) is 0. The van der Waals surface area contributed by atoms with Crippen LogP contribution in [0.15, 0.2) is 0 Å². The molecule has 28 heavy (non-hydrogen) atoms. The largest absolute Gasteiger partial charge is 0.748 e. The first kappa shape index (κ1) is 30.1. The van der Waals surface area contributed by atoms with Gasteiger partial charge in [0.2, 0.25) is 0 Å². The third-order valence-electron chi connectivity index (χ3n) is 4.93. The van der Waals surface area contributed by atoms with Gasteiger partial charge in [0.25, 0.3) is 0 Å². The van der Waals surface area contributed by atoms with Gasteiger partial charge in [-0.2, -0.15) is 0 Å². The van der Waals surface area contributed by atoms with Crippen molar-refractivity contribution in [1.82, 2.24) is 0 Å². The molecule has 4 nitrogen and oxygen atoms in total. The van der Waals surface area contributed by atoms with Crippen molar-refractivity contribution in [2.75, 3.05) is 33.4 Å². The van der Waals surface area contributed by atoms with Crippen LogP contribution in [0.3, 0.4) is 0 Å². The van der Waals surface area contributed by atoms with Crippen molar-refractivity contribution in [3.05, 3.63) is 0 Å². The van der Waals surface area contributed by atoms with Crippen LogP contribution in [0.1, 0.15) is 117 Å². The number of hydrogen-bond acceptors (Lipinski definition) is 3. The molecule has 0 saturated heterocycles. The van der Waals surface area contributed by atoms with Gasteiger partial charge in [0.15, 0.2) is 0 Å². The fourth-order valence-electron chi connectivity index (χ4n) is 3.13. The average Bonchev–Trinajstić information content (AvgIpc) is 2.58. The van der Waals surface area contributed by atoms with E-state index in [1.165, 1.54) is 90.0 Å². The van der Waals surface area contributed by atoms with E-state index in [0.717, 1.165) is 17.3 Å². The lowest BCUT2D eigenvalue weighted by molar-refractivity contribution is -0.870. The Morgan fingerprint density at radius 2 is 0.893 bits per heavy atom. The molecule has 0 aromatic rings. The minimum atomic E-state index is -3.98. The van der Waals surface area contributed by atoms with E-state index >= 15 is 0 Å². The number of nitrogens with zero attached hydrogens (tertiary/aromatic N) is 1. The predicted octanol–water partition coefficient (Wildman–Crippen LogP) is 6.51. The molecule has 0 heterocycles. The van der Waals surface area contributed by atoms with E-state index in [2.05, 4.69) is 35.0 Å². The van der Waals surface area contributed by atoms with Crippen molar-refractivity contribution in [2.24, 2.45) is 0 Å². The molecule has 0 aromatic carbocycles. The number of unbranched alkanes of at least 4 members (excludes halogenated alkanes) is 14. The minimum Gasteiger partial charge on any atom is -0.748 e. The maximum Gasteiger partial charge on any atom is 0.0945 e. The second kappa shape index (κ2) is 20.2. The Morgan fingerprint density at radius 3 is 1.21 bits per heavy atom. The third kappa shape index (κ3) is 33.5. The molecule has 0 radical (unpaired) electrons. The maximum atomic E-state index is 10.2. The van der Waals surface area contributed by atoms with Crippen LogP contribution in [-0.4, -0.2) is 50.9 Å². The van der Waals surface area contributed by atoms with Gasteiger partial charge >= 0.3 is 0 Å². The van der Waals surface area contributed by atoms with Crippen molar-refractivity contribution >= 4 is 10.1 Å². The van der Waals surface area contributed by atoms with E-state index in [4.69, 9.17) is 0 Å². The normalized spacial score (nSPS) is 11.9. The first-order chi connectivity index (χ1) is 13.1. The summed E-state index contributed by atoms with van der Waals surface area (Å²) in [4.78, 5) is 0. The van der Waals surface area contributed by atoms with Crippen molar-refractivity contribution < 1.29 is 17.5 Å². The van der Waals surface area contributed by atoms with Gasteiger partial charge in [0, 0.05) is 5.75 Å². The Bertz CT molecular complexity index is 403. The molecule has 5 heteroatoms. The van der Waals surface area contributed by atoms with Crippen LogP contribution >= 0.6 is 0 Å². The predicted molar refractivity (Wildman–Crippen MR) is 123 cm³/mol. The smallest absolute Gasteiger partial charge is 0.0945 e. The topological polar surface area (TPSA) is 57.2 Å². The fraction of sp³-hybridized carbons (Fsp3) is 1.00. The summed E-state index contributed by atoms with van der Waals surface area (Å²) < 4.78 is 31.9. The summed E-state index contributed by atoms with van der Waals surface area (Å²) in [5.74, 6) is -0.193. The molecule has 0 N–H and O–H groups in total. The zero-order valence-corrected chi connectivity index (χ0v) is 20.6. The van der Waals surface area contributed by atoms with E-state index in [0.29, 0.717) is 6.42 Å². The molecule has 0 aliphatic heterocycles. The van der Waals surface area contributed by atoms with Gasteiger partial charge < -0.3 is 9.04 Å². The molecule has 0 spiro atoms. The Morgan fingerprint density at radius 1 is 0.571 bits per heavy atom. The molecule has 0 amide bonds. The van der Waals surface area contributed by atoms with Crippen LogP contribution in [-0.2, 0) is 10.1 Å². The third-order valence-corrected chi connectivity index (χ3v) is 5.72. The van der Waals surface area contributed by atoms with Crippen LogP contribution in [0.5, 0.6) is 0 Å². The molecule has 0 rings (SSSR count). The van der Waals surface area contributed by atoms with E-state index < -0.39 is 10.1 Å². The summed E-state index contributed by atoms with van der Waals surface area (Å²) in [5.41, 5.74) is 0. The molecule has 0 fully saturated rings. The van der Waals surface area contributed by atoms with Crippen LogP contribution in [0.4, 0.5) is 0 Å². The molecule has 0 aromatic heterocycles. The molecule has 0 aliphatic carbocycles. The molecule has 0 bridgehead atoms. The van der Waals surface area contributed by atoms with Crippen molar-refractivity contribution in [2.45, 2.75) is 117 Å². The number of rotatable bonds is 18. The van der Waals surface area contributed by atoms with Gasteiger partial charge in [0.1, 0.15) is 0 Å². The lowest BCUT2D eigenvalue weighted by Crippen LogP contribution is -2.35. The second-order valence-corrected chi connectivity index (χ2v) is 10.7. The summed E-state index contributed by atoms with van der Waals surface area (Å²) in [6.45, 7) is 5.79. The first-order valence-corrected chi connectivity index (χ1v) is 13.4. The summed E-state index contributed by atoms with van der Waals surface area (Å²) >= 11 is 0. The van der Waals surface area contributed by atoms with Crippen molar-refractivity contribution in [3.63, 3.8) is 0 Å². The molecule has 172 valence electrons. The minimum absolute atomic E-state index is 0.193. The van der Waals surface area contributed by atoms with E-state index in [-0.39, 0.29) is 5.75 Å². The maximum absolute atomic E-state index is 10.2. The lowest BCUT2D eigenvalue weighted by Gasteiger charge is -2.23. The average molecular weight is 422 g/mol. The van der Waals surface area contributed by atoms with Crippen molar-refractivity contribution in [3.8, 4) is 0 Å². The van der Waals surface area contributed by atoms with Crippen molar-refractivity contribution in [1.29, 1.82) is 0 Å².